The van der Waals surface area contributed by atoms with Crippen molar-refractivity contribution in [1.82, 2.24) is 0 Å². The minimum atomic E-state index is -4.72. The molecule has 0 radical (unpaired) electrons. The van der Waals surface area contributed by atoms with Gasteiger partial charge in [-0.1, -0.05) is 18.2 Å². The molecule has 0 bridgehead atoms. The Balaban J connectivity index is 2.44. The minimum Gasteiger partial charge on any atom is -0.457 e. The number of anilines is 1. The van der Waals surface area contributed by atoms with Crippen LogP contribution in [0.3, 0.4) is 0 Å². The normalized spacial score (nSPS) is 10.0. The van der Waals surface area contributed by atoms with E-state index in [0.717, 1.165) is 12.1 Å². The summed E-state index contributed by atoms with van der Waals surface area (Å²) in [6, 6.07) is 15.6. The molecule has 0 spiro atoms. The molecule has 0 fully saturated rings. The predicted octanol–water partition coefficient (Wildman–Crippen LogP) is 4.73. The Labute approximate surface area is 146 Å². The summed E-state index contributed by atoms with van der Waals surface area (Å²) in [5, 5.41) is 28.9. The van der Waals surface area contributed by atoms with Gasteiger partial charge in [-0.15, -0.1) is 0 Å². The van der Waals surface area contributed by atoms with Crippen LogP contribution in [-0.2, 0) is 6.18 Å². The predicted molar refractivity (Wildman–Crippen MR) is 85.4 cm³/mol. The van der Waals surface area contributed by atoms with E-state index in [2.05, 4.69) is 5.32 Å². The molecule has 0 amide bonds. The van der Waals surface area contributed by atoms with E-state index < -0.39 is 28.8 Å². The number of para-hydroxylation sites is 1. The van der Waals surface area contributed by atoms with Gasteiger partial charge in [0.25, 0.3) is 0 Å². The van der Waals surface area contributed by atoms with Crippen LogP contribution in [0.1, 0.15) is 5.56 Å². The first-order chi connectivity index (χ1) is 12.4. The Kier molecular flexibility index (Phi) is 5.47. The van der Waals surface area contributed by atoms with Crippen molar-refractivity contribution >= 4 is 5.69 Å². The fourth-order valence-electron chi connectivity index (χ4n) is 1.96. The smallest absolute Gasteiger partial charge is 0.420 e. The third kappa shape index (κ3) is 4.31. The largest absolute Gasteiger partial charge is 0.457 e. The molecule has 2 rings (SSSR count). The number of nitrogens with zero attached hydrogens (tertiary/aromatic N) is 3. The van der Waals surface area contributed by atoms with E-state index in [1.807, 2.05) is 0 Å². The quantitative estimate of drug-likeness (QED) is 0.801. The number of nitriles is 3. The van der Waals surface area contributed by atoms with Gasteiger partial charge in [0.1, 0.15) is 41.0 Å². The number of allylic oxidation sites excluding steroid dienone is 2. The highest BCUT2D eigenvalue weighted by molar-refractivity contribution is 5.61. The van der Waals surface area contributed by atoms with Crippen molar-refractivity contribution in [2.45, 2.75) is 6.18 Å². The third-order valence-corrected chi connectivity index (χ3v) is 3.11. The molecule has 2 aromatic carbocycles. The molecule has 128 valence electrons. The summed E-state index contributed by atoms with van der Waals surface area (Å²) in [5.41, 5.74) is -2.16. The number of benzene rings is 2. The fraction of sp³-hybridized carbons (Fsp3) is 0.0556. The number of nitrogens with one attached hydrogen (secondary N) is 1. The summed E-state index contributed by atoms with van der Waals surface area (Å²) < 4.78 is 45.3. The Morgan fingerprint density at radius 1 is 0.923 bits per heavy atom. The zero-order valence-electron chi connectivity index (χ0n) is 13.0. The van der Waals surface area contributed by atoms with Crippen LogP contribution in [0.25, 0.3) is 0 Å². The molecule has 0 saturated carbocycles. The average molecular weight is 354 g/mol. The number of hydrogen-bond acceptors (Lipinski definition) is 5. The van der Waals surface area contributed by atoms with Gasteiger partial charge >= 0.3 is 6.18 Å². The second kappa shape index (κ2) is 7.74. The van der Waals surface area contributed by atoms with Crippen LogP contribution in [0.4, 0.5) is 18.9 Å². The van der Waals surface area contributed by atoms with Gasteiger partial charge in [-0.25, -0.2) is 0 Å². The average Bonchev–Trinajstić information content (AvgIpc) is 2.63. The van der Waals surface area contributed by atoms with Crippen LogP contribution in [0.15, 0.2) is 59.8 Å². The van der Waals surface area contributed by atoms with Crippen LogP contribution in [-0.4, -0.2) is 0 Å². The summed E-state index contributed by atoms with van der Waals surface area (Å²) in [6.45, 7) is 0. The topological polar surface area (TPSA) is 92.6 Å². The Bertz CT molecular complexity index is 945. The van der Waals surface area contributed by atoms with Crippen molar-refractivity contribution in [1.29, 1.82) is 15.8 Å². The minimum absolute atomic E-state index is 0.114. The lowest BCUT2D eigenvalue weighted by Crippen LogP contribution is -2.09. The van der Waals surface area contributed by atoms with Gasteiger partial charge in [0.2, 0.25) is 0 Å². The zero-order valence-corrected chi connectivity index (χ0v) is 13.0. The SMILES string of the molecule is N#CC(C#N)=C(C#N)Nc1ccc(Oc2ccccc2)c(C(F)(F)F)c1. The molecule has 0 aromatic heterocycles. The number of halogens is 3. The lowest BCUT2D eigenvalue weighted by molar-refractivity contribution is -0.138. The van der Waals surface area contributed by atoms with Gasteiger partial charge in [0.15, 0.2) is 5.57 Å². The Morgan fingerprint density at radius 3 is 2.12 bits per heavy atom. The molecule has 2 aromatic rings. The fourth-order valence-corrected chi connectivity index (χ4v) is 1.96. The lowest BCUT2D eigenvalue weighted by atomic mass is 10.1. The van der Waals surface area contributed by atoms with Crippen molar-refractivity contribution in [3.63, 3.8) is 0 Å². The second-order valence-electron chi connectivity index (χ2n) is 4.83. The standard InChI is InChI=1S/C18H9F3N4O/c19-18(20,21)15-8-13(25-16(11-24)12(9-22)10-23)6-7-17(15)26-14-4-2-1-3-5-14/h1-8,25H. The van der Waals surface area contributed by atoms with Crippen LogP contribution in [0, 0.1) is 34.0 Å². The highest BCUT2D eigenvalue weighted by Gasteiger charge is 2.35. The molecule has 0 heterocycles. The zero-order chi connectivity index (χ0) is 19.2. The highest BCUT2D eigenvalue weighted by atomic mass is 19.4. The Morgan fingerprint density at radius 2 is 1.58 bits per heavy atom. The molecule has 8 heteroatoms. The monoisotopic (exact) mass is 354 g/mol. The highest BCUT2D eigenvalue weighted by Crippen LogP contribution is 2.39. The molecule has 5 nitrogen and oxygen atoms in total. The third-order valence-electron chi connectivity index (χ3n) is 3.11. The van der Waals surface area contributed by atoms with Gasteiger partial charge in [-0.3, -0.25) is 0 Å². The second-order valence-corrected chi connectivity index (χ2v) is 4.83. The van der Waals surface area contributed by atoms with E-state index in [-0.39, 0.29) is 11.4 Å². The number of ether oxygens (including phenoxy) is 1. The van der Waals surface area contributed by atoms with Crippen molar-refractivity contribution in [3.8, 4) is 29.7 Å². The van der Waals surface area contributed by atoms with Crippen molar-refractivity contribution < 1.29 is 17.9 Å². The van der Waals surface area contributed by atoms with Crippen LogP contribution >= 0.6 is 0 Å². The maximum Gasteiger partial charge on any atom is 0.420 e. The van der Waals surface area contributed by atoms with Crippen molar-refractivity contribution in [3.05, 3.63) is 65.4 Å². The van der Waals surface area contributed by atoms with E-state index in [4.69, 9.17) is 20.5 Å². The molecule has 0 aliphatic carbocycles. The van der Waals surface area contributed by atoms with Crippen LogP contribution in [0.5, 0.6) is 11.5 Å². The van der Waals surface area contributed by atoms with E-state index in [0.29, 0.717) is 0 Å². The number of hydrogen-bond donors (Lipinski definition) is 1. The molecular formula is C18H9F3N4O. The van der Waals surface area contributed by atoms with Crippen molar-refractivity contribution in [2.24, 2.45) is 0 Å². The summed E-state index contributed by atoms with van der Waals surface area (Å²) in [5.74, 6) is -0.190. The maximum absolute atomic E-state index is 13.4. The maximum atomic E-state index is 13.4. The summed E-state index contributed by atoms with van der Waals surface area (Å²) in [4.78, 5) is 0. The van der Waals surface area contributed by atoms with E-state index in [1.165, 1.54) is 30.3 Å². The van der Waals surface area contributed by atoms with Crippen LogP contribution < -0.4 is 10.1 Å². The van der Waals surface area contributed by atoms with Crippen molar-refractivity contribution in [2.75, 3.05) is 5.32 Å². The van der Waals surface area contributed by atoms with E-state index in [9.17, 15) is 13.2 Å². The molecule has 0 aliphatic heterocycles. The van der Waals surface area contributed by atoms with E-state index >= 15 is 0 Å². The molecule has 0 aliphatic rings. The Hall–Kier alpha value is -3.96. The summed E-state index contributed by atoms with van der Waals surface area (Å²) >= 11 is 0. The molecule has 26 heavy (non-hydrogen) atoms. The van der Waals surface area contributed by atoms with Gasteiger partial charge in [-0.05, 0) is 30.3 Å². The molecule has 0 atom stereocenters. The lowest BCUT2D eigenvalue weighted by Gasteiger charge is -2.15. The van der Waals surface area contributed by atoms with Gasteiger partial charge in [-0.2, -0.15) is 29.0 Å². The molecule has 0 unspecified atom stereocenters. The number of rotatable bonds is 4. The first-order valence-corrected chi connectivity index (χ1v) is 7.04. The first-order valence-electron chi connectivity index (χ1n) is 7.04. The molecule has 0 saturated heterocycles. The summed E-state index contributed by atoms with van der Waals surface area (Å²) in [6.07, 6.45) is -4.72. The van der Waals surface area contributed by atoms with Gasteiger partial charge < -0.3 is 10.1 Å². The molecule has 1 N–H and O–H groups in total. The van der Waals surface area contributed by atoms with Gasteiger partial charge in [0, 0.05) is 5.69 Å². The summed E-state index contributed by atoms with van der Waals surface area (Å²) in [7, 11) is 0. The molecular weight excluding hydrogens is 345 g/mol. The van der Waals surface area contributed by atoms with Crippen LogP contribution in [0.2, 0.25) is 0 Å². The first kappa shape index (κ1) is 18.4. The van der Waals surface area contributed by atoms with Gasteiger partial charge in [0.05, 0.1) is 0 Å². The van der Waals surface area contributed by atoms with E-state index in [1.54, 1.807) is 24.3 Å². The number of alkyl halides is 3.